The number of nitrogens with two attached hydrogens (primary N) is 1. The number of benzene rings is 1. The molecule has 0 fully saturated rings. The molecule has 0 spiro atoms. The number of rotatable bonds is 2. The number of nitrogens with zero attached hydrogens (tertiary/aromatic N) is 1. The number of halogens is 1. The smallest absolute Gasteiger partial charge is 0.124 e. The summed E-state index contributed by atoms with van der Waals surface area (Å²) in [6.07, 6.45) is 1.82. The molecule has 1 aromatic heterocycles. The molecule has 0 aliphatic heterocycles. The van der Waals surface area contributed by atoms with Crippen LogP contribution in [0, 0.1) is 0 Å². The van der Waals surface area contributed by atoms with Crippen molar-refractivity contribution in [1.82, 2.24) is 4.98 Å². The molecule has 0 bridgehead atoms. The summed E-state index contributed by atoms with van der Waals surface area (Å²) < 4.78 is 1.05. The molecule has 0 saturated carbocycles. The Balaban J connectivity index is 2.33. The van der Waals surface area contributed by atoms with E-state index in [2.05, 4.69) is 20.9 Å². The molecule has 1 heterocycles. The van der Waals surface area contributed by atoms with E-state index >= 15 is 0 Å². The Morgan fingerprint density at radius 2 is 2.00 bits per heavy atom. The number of hydrogen-bond donors (Lipinski definition) is 1. The highest BCUT2D eigenvalue weighted by Crippen LogP contribution is 2.28. The molecule has 1 aromatic carbocycles. The van der Waals surface area contributed by atoms with Crippen LogP contribution in [0.3, 0.4) is 0 Å². The Hall–Kier alpha value is -0.710. The third kappa shape index (κ3) is 2.03. The van der Waals surface area contributed by atoms with Gasteiger partial charge in [0, 0.05) is 12.1 Å². The number of hydrogen-bond acceptors (Lipinski definition) is 3. The molecule has 4 heteroatoms. The van der Waals surface area contributed by atoms with Crippen molar-refractivity contribution in [2.24, 2.45) is 5.73 Å². The van der Waals surface area contributed by atoms with Crippen LogP contribution in [-0.2, 0) is 6.54 Å². The van der Waals surface area contributed by atoms with Gasteiger partial charge >= 0.3 is 0 Å². The first-order valence-electron chi connectivity index (χ1n) is 4.20. The van der Waals surface area contributed by atoms with Crippen LogP contribution in [0.15, 0.2) is 34.2 Å². The largest absolute Gasteiger partial charge is 0.326 e. The van der Waals surface area contributed by atoms with Gasteiger partial charge in [0.2, 0.25) is 0 Å². The molecule has 2 rings (SSSR count). The highest BCUT2D eigenvalue weighted by atomic mass is 79.9. The Bertz CT molecular complexity index is 422. The van der Waals surface area contributed by atoms with Crippen molar-refractivity contribution < 1.29 is 0 Å². The van der Waals surface area contributed by atoms with Crippen molar-refractivity contribution in [1.29, 1.82) is 0 Å². The van der Waals surface area contributed by atoms with E-state index in [4.69, 9.17) is 5.73 Å². The molecule has 2 aromatic rings. The van der Waals surface area contributed by atoms with Crippen LogP contribution in [0.2, 0.25) is 0 Å². The average molecular weight is 269 g/mol. The highest BCUT2D eigenvalue weighted by Gasteiger charge is 2.02. The van der Waals surface area contributed by atoms with Gasteiger partial charge in [-0.1, -0.05) is 24.3 Å². The van der Waals surface area contributed by atoms with Crippen LogP contribution in [0.4, 0.5) is 0 Å². The van der Waals surface area contributed by atoms with Gasteiger partial charge in [-0.3, -0.25) is 0 Å². The Labute approximate surface area is 94.9 Å². The lowest BCUT2D eigenvalue weighted by atomic mass is 10.1. The second-order valence-electron chi connectivity index (χ2n) is 2.87. The highest BCUT2D eigenvalue weighted by molar-refractivity contribution is 9.11. The number of thiazole rings is 1. The lowest BCUT2D eigenvalue weighted by Gasteiger charge is -1.98. The van der Waals surface area contributed by atoms with E-state index in [9.17, 15) is 0 Å². The van der Waals surface area contributed by atoms with E-state index < -0.39 is 0 Å². The van der Waals surface area contributed by atoms with Crippen LogP contribution >= 0.6 is 27.3 Å². The minimum Gasteiger partial charge on any atom is -0.326 e. The van der Waals surface area contributed by atoms with E-state index in [1.807, 2.05) is 30.5 Å². The summed E-state index contributed by atoms with van der Waals surface area (Å²) in [6.45, 7) is 0.585. The van der Waals surface area contributed by atoms with E-state index in [0.717, 1.165) is 19.9 Å². The standard InChI is InChI=1S/C10H9BrN2S/c11-9-6-13-10(14-9)8-3-1-7(5-12)2-4-8/h1-4,6H,5,12H2. The lowest BCUT2D eigenvalue weighted by Crippen LogP contribution is -1.94. The predicted molar refractivity (Wildman–Crippen MR) is 63.1 cm³/mol. The second kappa shape index (κ2) is 4.21. The normalized spacial score (nSPS) is 10.4. The second-order valence-corrected chi connectivity index (χ2v) is 5.28. The molecule has 0 radical (unpaired) electrons. The first-order valence-corrected chi connectivity index (χ1v) is 5.81. The lowest BCUT2D eigenvalue weighted by molar-refractivity contribution is 1.07. The van der Waals surface area contributed by atoms with Gasteiger partial charge in [0.25, 0.3) is 0 Å². The van der Waals surface area contributed by atoms with Gasteiger partial charge in [0.05, 0.1) is 9.98 Å². The van der Waals surface area contributed by atoms with Crippen LogP contribution < -0.4 is 5.73 Å². The SMILES string of the molecule is NCc1ccc(-c2ncc(Br)s2)cc1. The van der Waals surface area contributed by atoms with Crippen molar-refractivity contribution in [3.05, 3.63) is 39.8 Å². The Morgan fingerprint density at radius 1 is 1.29 bits per heavy atom. The van der Waals surface area contributed by atoms with Gasteiger partial charge in [-0.25, -0.2) is 4.98 Å². The van der Waals surface area contributed by atoms with Crippen molar-refractivity contribution in [3.63, 3.8) is 0 Å². The topological polar surface area (TPSA) is 38.9 Å². The van der Waals surface area contributed by atoms with Crippen LogP contribution in [0.5, 0.6) is 0 Å². The van der Waals surface area contributed by atoms with Crippen molar-refractivity contribution >= 4 is 27.3 Å². The van der Waals surface area contributed by atoms with E-state index in [-0.39, 0.29) is 0 Å². The van der Waals surface area contributed by atoms with Gasteiger partial charge in [0.1, 0.15) is 5.01 Å². The minimum atomic E-state index is 0.585. The van der Waals surface area contributed by atoms with Crippen LogP contribution in [0.1, 0.15) is 5.56 Å². The van der Waals surface area contributed by atoms with Crippen LogP contribution in [0.25, 0.3) is 10.6 Å². The molecule has 0 aliphatic carbocycles. The summed E-state index contributed by atoms with van der Waals surface area (Å²) in [5.74, 6) is 0. The van der Waals surface area contributed by atoms with Crippen molar-refractivity contribution in [2.75, 3.05) is 0 Å². The molecular weight excluding hydrogens is 260 g/mol. The van der Waals surface area contributed by atoms with Crippen molar-refractivity contribution in [3.8, 4) is 10.6 Å². The van der Waals surface area contributed by atoms with Gasteiger partial charge < -0.3 is 5.73 Å². The molecule has 2 N–H and O–H groups in total. The summed E-state index contributed by atoms with van der Waals surface area (Å²) in [6, 6.07) is 8.16. The summed E-state index contributed by atoms with van der Waals surface area (Å²) in [5.41, 5.74) is 7.80. The van der Waals surface area contributed by atoms with Gasteiger partial charge in [-0.05, 0) is 21.5 Å². The fourth-order valence-corrected chi connectivity index (χ4v) is 2.38. The fraction of sp³-hybridized carbons (Fsp3) is 0.100. The Kier molecular flexibility index (Phi) is 2.96. The maximum absolute atomic E-state index is 5.52. The molecular formula is C10H9BrN2S. The molecule has 0 saturated heterocycles. The van der Waals surface area contributed by atoms with E-state index in [1.54, 1.807) is 11.3 Å². The average Bonchev–Trinajstić information content (AvgIpc) is 2.65. The molecule has 72 valence electrons. The third-order valence-electron chi connectivity index (χ3n) is 1.91. The first-order chi connectivity index (χ1) is 6.79. The van der Waals surface area contributed by atoms with E-state index in [0.29, 0.717) is 6.54 Å². The van der Waals surface area contributed by atoms with Gasteiger partial charge in [-0.2, -0.15) is 0 Å². The maximum atomic E-state index is 5.52. The van der Waals surface area contributed by atoms with E-state index in [1.165, 1.54) is 0 Å². The monoisotopic (exact) mass is 268 g/mol. The summed E-state index contributed by atoms with van der Waals surface area (Å²) >= 11 is 5.02. The zero-order valence-corrected chi connectivity index (χ0v) is 9.81. The Morgan fingerprint density at radius 3 is 2.50 bits per heavy atom. The summed E-state index contributed by atoms with van der Waals surface area (Å²) in [4.78, 5) is 4.28. The maximum Gasteiger partial charge on any atom is 0.124 e. The van der Waals surface area contributed by atoms with Crippen molar-refractivity contribution in [2.45, 2.75) is 6.54 Å². The number of aromatic nitrogens is 1. The molecule has 0 aliphatic rings. The van der Waals surface area contributed by atoms with Crippen LogP contribution in [-0.4, -0.2) is 4.98 Å². The molecule has 0 amide bonds. The summed E-state index contributed by atoms with van der Waals surface area (Å²) in [5, 5.41) is 1.03. The minimum absolute atomic E-state index is 0.585. The van der Waals surface area contributed by atoms with Gasteiger partial charge in [0.15, 0.2) is 0 Å². The van der Waals surface area contributed by atoms with Gasteiger partial charge in [-0.15, -0.1) is 11.3 Å². The summed E-state index contributed by atoms with van der Waals surface area (Å²) in [7, 11) is 0. The molecule has 0 unspecified atom stereocenters. The fourth-order valence-electron chi connectivity index (χ4n) is 1.17. The zero-order valence-electron chi connectivity index (χ0n) is 7.40. The zero-order chi connectivity index (χ0) is 9.97. The third-order valence-corrected chi connectivity index (χ3v) is 3.44. The molecule has 14 heavy (non-hydrogen) atoms. The first kappa shape index (κ1) is 9.83. The molecule has 0 atom stereocenters. The quantitative estimate of drug-likeness (QED) is 0.910. The molecule has 2 nitrogen and oxygen atoms in total. The predicted octanol–water partition coefficient (Wildman–Crippen LogP) is 3.03.